The molecule has 0 saturated heterocycles. The summed E-state index contributed by atoms with van der Waals surface area (Å²) in [4.78, 5) is 4.25. The average molecular weight is 254 g/mol. The average Bonchev–Trinajstić information content (AvgIpc) is 2.78. The van der Waals surface area contributed by atoms with Crippen molar-refractivity contribution in [1.82, 2.24) is 10.4 Å². The summed E-state index contributed by atoms with van der Waals surface area (Å²) in [5.74, 6) is 5.56. The highest BCUT2D eigenvalue weighted by Crippen LogP contribution is 2.25. The summed E-state index contributed by atoms with van der Waals surface area (Å²) >= 11 is 7.64. The number of nitrogens with one attached hydrogen (secondary N) is 1. The van der Waals surface area contributed by atoms with E-state index in [-0.39, 0.29) is 6.04 Å². The van der Waals surface area contributed by atoms with Gasteiger partial charge in [-0.3, -0.25) is 5.84 Å². The zero-order valence-corrected chi connectivity index (χ0v) is 10.3. The van der Waals surface area contributed by atoms with Gasteiger partial charge < -0.3 is 0 Å². The molecule has 1 aromatic carbocycles. The first kappa shape index (κ1) is 11.5. The molecule has 0 bridgehead atoms. The van der Waals surface area contributed by atoms with Gasteiger partial charge in [-0.2, -0.15) is 0 Å². The molecule has 0 aliphatic heterocycles. The SMILES string of the molecule is Cc1ccc(C(NN)c2cscn2)cc1Cl. The fourth-order valence-corrected chi connectivity index (χ4v) is 2.27. The second-order valence-corrected chi connectivity index (χ2v) is 4.65. The van der Waals surface area contributed by atoms with Gasteiger partial charge in [0.15, 0.2) is 0 Å². The van der Waals surface area contributed by atoms with Gasteiger partial charge in [-0.05, 0) is 24.1 Å². The molecule has 0 amide bonds. The van der Waals surface area contributed by atoms with E-state index in [1.54, 1.807) is 16.8 Å². The number of hydrogen-bond acceptors (Lipinski definition) is 4. The number of nitrogens with zero attached hydrogens (tertiary/aromatic N) is 1. The van der Waals surface area contributed by atoms with Crippen molar-refractivity contribution >= 4 is 22.9 Å². The maximum Gasteiger partial charge on any atom is 0.0890 e. The minimum absolute atomic E-state index is 0.107. The predicted molar refractivity (Wildman–Crippen MR) is 67.5 cm³/mol. The maximum absolute atomic E-state index is 6.09. The summed E-state index contributed by atoms with van der Waals surface area (Å²) in [5.41, 5.74) is 7.52. The molecule has 0 aliphatic rings. The van der Waals surface area contributed by atoms with Gasteiger partial charge in [-0.15, -0.1) is 11.3 Å². The first-order valence-electron chi connectivity index (χ1n) is 4.82. The molecule has 0 radical (unpaired) electrons. The van der Waals surface area contributed by atoms with Crippen molar-refractivity contribution < 1.29 is 0 Å². The van der Waals surface area contributed by atoms with Crippen molar-refractivity contribution in [3.05, 3.63) is 50.9 Å². The summed E-state index contributed by atoms with van der Waals surface area (Å²) in [6.45, 7) is 1.97. The second kappa shape index (κ2) is 4.93. The molecule has 3 N–H and O–H groups in total. The van der Waals surface area contributed by atoms with Gasteiger partial charge in [-0.1, -0.05) is 23.7 Å². The van der Waals surface area contributed by atoms with E-state index in [4.69, 9.17) is 17.4 Å². The molecule has 0 spiro atoms. The molecule has 3 nitrogen and oxygen atoms in total. The molecule has 0 saturated carbocycles. The summed E-state index contributed by atoms with van der Waals surface area (Å²) in [7, 11) is 0. The van der Waals surface area contributed by atoms with Crippen molar-refractivity contribution in [2.75, 3.05) is 0 Å². The van der Waals surface area contributed by atoms with Crippen LogP contribution >= 0.6 is 22.9 Å². The number of hydrogen-bond donors (Lipinski definition) is 2. The summed E-state index contributed by atoms with van der Waals surface area (Å²) in [6.07, 6.45) is 0. The van der Waals surface area contributed by atoms with E-state index >= 15 is 0 Å². The Hall–Kier alpha value is -0.940. The lowest BCUT2D eigenvalue weighted by atomic mass is 10.0. The van der Waals surface area contributed by atoms with Gasteiger partial charge in [0.05, 0.1) is 17.2 Å². The monoisotopic (exact) mass is 253 g/mol. The highest BCUT2D eigenvalue weighted by molar-refractivity contribution is 7.07. The Labute approximate surface area is 103 Å². The van der Waals surface area contributed by atoms with Gasteiger partial charge in [0.1, 0.15) is 0 Å². The smallest absolute Gasteiger partial charge is 0.0890 e. The fraction of sp³-hybridized carbons (Fsp3) is 0.182. The first-order valence-corrected chi connectivity index (χ1v) is 6.14. The molecule has 84 valence electrons. The van der Waals surface area contributed by atoms with Crippen LogP contribution in [0, 0.1) is 6.92 Å². The Morgan fingerprint density at radius 3 is 2.88 bits per heavy atom. The molecule has 1 atom stereocenters. The molecule has 1 unspecified atom stereocenters. The van der Waals surface area contributed by atoms with E-state index in [2.05, 4.69) is 10.4 Å². The molecule has 1 aromatic heterocycles. The minimum Gasteiger partial charge on any atom is -0.271 e. The largest absolute Gasteiger partial charge is 0.271 e. The normalized spacial score (nSPS) is 12.7. The summed E-state index contributed by atoms with van der Waals surface area (Å²) < 4.78 is 0. The number of thiazole rings is 1. The van der Waals surface area contributed by atoms with Crippen LogP contribution in [-0.4, -0.2) is 4.98 Å². The molecular formula is C11H12ClN3S. The van der Waals surface area contributed by atoms with Crippen LogP contribution < -0.4 is 11.3 Å². The van der Waals surface area contributed by atoms with Crippen molar-refractivity contribution in [3.63, 3.8) is 0 Å². The molecule has 0 aliphatic carbocycles. The quantitative estimate of drug-likeness (QED) is 0.653. The van der Waals surface area contributed by atoms with Crippen LogP contribution in [0.4, 0.5) is 0 Å². The van der Waals surface area contributed by atoms with E-state index in [1.807, 2.05) is 30.5 Å². The second-order valence-electron chi connectivity index (χ2n) is 3.52. The standard InChI is InChI=1S/C11H12ClN3S/c1-7-2-3-8(4-9(7)12)11(15-13)10-5-16-6-14-10/h2-6,11,15H,13H2,1H3. The van der Waals surface area contributed by atoms with Crippen LogP contribution in [0.3, 0.4) is 0 Å². The predicted octanol–water partition coefficient (Wildman–Crippen LogP) is 2.66. The number of nitrogens with two attached hydrogens (primary N) is 1. The zero-order valence-electron chi connectivity index (χ0n) is 8.77. The van der Waals surface area contributed by atoms with E-state index in [9.17, 15) is 0 Å². The van der Waals surface area contributed by atoms with E-state index in [0.29, 0.717) is 0 Å². The highest BCUT2D eigenvalue weighted by Gasteiger charge is 2.14. The Morgan fingerprint density at radius 1 is 1.50 bits per heavy atom. The maximum atomic E-state index is 6.09. The zero-order chi connectivity index (χ0) is 11.5. The third-order valence-corrected chi connectivity index (χ3v) is 3.45. The van der Waals surface area contributed by atoms with Gasteiger partial charge in [-0.25, -0.2) is 10.4 Å². The molecule has 0 fully saturated rings. The summed E-state index contributed by atoms with van der Waals surface area (Å²) in [5, 5.41) is 2.71. The lowest BCUT2D eigenvalue weighted by molar-refractivity contribution is 0.624. The van der Waals surface area contributed by atoms with Crippen LogP contribution in [0.2, 0.25) is 5.02 Å². The molecule has 2 aromatic rings. The van der Waals surface area contributed by atoms with Crippen molar-refractivity contribution in [3.8, 4) is 0 Å². The van der Waals surface area contributed by atoms with Gasteiger partial charge in [0.2, 0.25) is 0 Å². The van der Waals surface area contributed by atoms with Crippen LogP contribution in [0.25, 0.3) is 0 Å². The van der Waals surface area contributed by atoms with E-state index in [1.165, 1.54) is 0 Å². The number of aryl methyl sites for hydroxylation is 1. The highest BCUT2D eigenvalue weighted by atomic mass is 35.5. The third-order valence-electron chi connectivity index (χ3n) is 2.44. The fourth-order valence-electron chi connectivity index (χ4n) is 1.51. The Balaban J connectivity index is 2.37. The van der Waals surface area contributed by atoms with Gasteiger partial charge >= 0.3 is 0 Å². The summed E-state index contributed by atoms with van der Waals surface area (Å²) in [6, 6.07) is 5.80. The van der Waals surface area contributed by atoms with Crippen LogP contribution in [0.5, 0.6) is 0 Å². The van der Waals surface area contributed by atoms with Crippen molar-refractivity contribution in [1.29, 1.82) is 0 Å². The van der Waals surface area contributed by atoms with Crippen molar-refractivity contribution in [2.24, 2.45) is 5.84 Å². The van der Waals surface area contributed by atoms with E-state index in [0.717, 1.165) is 21.8 Å². The number of halogens is 1. The molecule has 5 heteroatoms. The molecular weight excluding hydrogens is 242 g/mol. The molecule has 1 heterocycles. The topological polar surface area (TPSA) is 50.9 Å². The number of aromatic nitrogens is 1. The minimum atomic E-state index is -0.107. The van der Waals surface area contributed by atoms with Gasteiger partial charge in [0, 0.05) is 10.4 Å². The Bertz CT molecular complexity index is 470. The van der Waals surface area contributed by atoms with Crippen LogP contribution in [-0.2, 0) is 0 Å². The first-order chi connectivity index (χ1) is 7.72. The number of hydrazine groups is 1. The third kappa shape index (κ3) is 2.25. The molecule has 2 rings (SSSR count). The number of rotatable bonds is 3. The lowest BCUT2D eigenvalue weighted by Gasteiger charge is -2.14. The number of benzene rings is 1. The molecule has 16 heavy (non-hydrogen) atoms. The van der Waals surface area contributed by atoms with Crippen molar-refractivity contribution in [2.45, 2.75) is 13.0 Å². The Kier molecular flexibility index (Phi) is 3.56. The Morgan fingerprint density at radius 2 is 2.31 bits per heavy atom. The van der Waals surface area contributed by atoms with E-state index < -0.39 is 0 Å². The van der Waals surface area contributed by atoms with Gasteiger partial charge in [0.25, 0.3) is 0 Å². The van der Waals surface area contributed by atoms with Crippen LogP contribution in [0.15, 0.2) is 29.1 Å². The van der Waals surface area contributed by atoms with Crippen LogP contribution in [0.1, 0.15) is 22.9 Å². The lowest BCUT2D eigenvalue weighted by Crippen LogP contribution is -2.29.